The molecule has 0 saturated carbocycles. The molecule has 1 heterocycles. The summed E-state index contributed by atoms with van der Waals surface area (Å²) < 4.78 is 1.94. The number of aryl methyl sites for hydroxylation is 1. The lowest BCUT2D eigenvalue weighted by molar-refractivity contribution is 0.555. The molecular formula is C9H18N4S. The first kappa shape index (κ1) is 11.4. The van der Waals surface area contributed by atoms with E-state index in [0.717, 1.165) is 37.3 Å². The zero-order valence-electron chi connectivity index (χ0n) is 8.86. The third kappa shape index (κ3) is 2.90. The fourth-order valence-electron chi connectivity index (χ4n) is 1.38. The van der Waals surface area contributed by atoms with Crippen LogP contribution in [0.2, 0.25) is 0 Å². The van der Waals surface area contributed by atoms with Gasteiger partial charge in [0.25, 0.3) is 0 Å². The number of aromatic nitrogens is 3. The van der Waals surface area contributed by atoms with Crippen molar-refractivity contribution in [3.63, 3.8) is 0 Å². The van der Waals surface area contributed by atoms with E-state index in [-0.39, 0.29) is 0 Å². The average Bonchev–Trinajstić information content (AvgIpc) is 2.51. The zero-order valence-corrected chi connectivity index (χ0v) is 9.68. The molecule has 0 saturated heterocycles. The number of thioether (sulfide) groups is 1. The largest absolute Gasteiger partial charge is 0.381 e. The lowest BCUT2D eigenvalue weighted by atomic mass is 10.2. The Kier molecular flexibility index (Phi) is 4.79. The molecule has 1 aromatic heterocycles. The van der Waals surface area contributed by atoms with Gasteiger partial charge in [-0.25, -0.2) is 4.68 Å². The van der Waals surface area contributed by atoms with Gasteiger partial charge >= 0.3 is 0 Å². The second-order valence-corrected chi connectivity index (χ2v) is 4.23. The Labute approximate surface area is 89.2 Å². The number of hydrogen-bond donors (Lipinski definition) is 1. The Morgan fingerprint density at radius 3 is 2.93 bits per heavy atom. The first-order chi connectivity index (χ1) is 6.79. The van der Waals surface area contributed by atoms with Gasteiger partial charge in [0.05, 0.1) is 5.69 Å². The first-order valence-electron chi connectivity index (χ1n) is 4.96. The normalized spacial score (nSPS) is 10.7. The molecule has 80 valence electrons. The van der Waals surface area contributed by atoms with Crippen molar-refractivity contribution >= 4 is 17.6 Å². The van der Waals surface area contributed by atoms with Gasteiger partial charge in [-0.05, 0) is 24.9 Å². The summed E-state index contributed by atoms with van der Waals surface area (Å²) in [4.78, 5) is 0. The highest BCUT2D eigenvalue weighted by Crippen LogP contribution is 2.10. The molecule has 0 unspecified atom stereocenters. The Bertz CT molecular complexity index is 272. The van der Waals surface area contributed by atoms with E-state index in [0.29, 0.717) is 5.82 Å². The summed E-state index contributed by atoms with van der Waals surface area (Å²) in [6.07, 6.45) is 5.29. The predicted molar refractivity (Wildman–Crippen MR) is 61.4 cm³/mol. The lowest BCUT2D eigenvalue weighted by Crippen LogP contribution is -2.07. The summed E-state index contributed by atoms with van der Waals surface area (Å²) in [6, 6.07) is 0. The molecule has 0 radical (unpaired) electrons. The summed E-state index contributed by atoms with van der Waals surface area (Å²) in [5.74, 6) is 1.75. The Morgan fingerprint density at radius 1 is 1.50 bits per heavy atom. The molecule has 14 heavy (non-hydrogen) atoms. The van der Waals surface area contributed by atoms with Crippen molar-refractivity contribution in [3.05, 3.63) is 5.69 Å². The summed E-state index contributed by atoms with van der Waals surface area (Å²) in [6.45, 7) is 3.07. The van der Waals surface area contributed by atoms with Crippen LogP contribution in [0.1, 0.15) is 25.5 Å². The van der Waals surface area contributed by atoms with Gasteiger partial charge in [-0.3, -0.25) is 0 Å². The van der Waals surface area contributed by atoms with Crippen molar-refractivity contribution in [1.29, 1.82) is 0 Å². The smallest absolute Gasteiger partial charge is 0.169 e. The molecule has 0 aliphatic carbocycles. The van der Waals surface area contributed by atoms with Gasteiger partial charge in [-0.1, -0.05) is 18.6 Å². The van der Waals surface area contributed by atoms with Gasteiger partial charge in [-0.2, -0.15) is 11.8 Å². The second-order valence-electron chi connectivity index (χ2n) is 3.24. The Morgan fingerprint density at radius 2 is 2.29 bits per heavy atom. The predicted octanol–water partition coefficient (Wildman–Crippen LogP) is 1.57. The number of rotatable bonds is 6. The lowest BCUT2D eigenvalue weighted by Gasteiger charge is -2.04. The van der Waals surface area contributed by atoms with Crippen LogP contribution in [0.3, 0.4) is 0 Å². The number of hydrogen-bond acceptors (Lipinski definition) is 4. The van der Waals surface area contributed by atoms with Crippen LogP contribution >= 0.6 is 11.8 Å². The Hall–Kier alpha value is -0.710. The minimum absolute atomic E-state index is 0.594. The maximum absolute atomic E-state index is 5.73. The highest BCUT2D eigenvalue weighted by molar-refractivity contribution is 7.98. The van der Waals surface area contributed by atoms with Gasteiger partial charge in [-0.15, -0.1) is 5.10 Å². The van der Waals surface area contributed by atoms with E-state index in [1.54, 1.807) is 0 Å². The van der Waals surface area contributed by atoms with Crippen LogP contribution < -0.4 is 5.73 Å². The van der Waals surface area contributed by atoms with Crippen LogP contribution in [-0.4, -0.2) is 27.0 Å². The average molecular weight is 214 g/mol. The maximum Gasteiger partial charge on any atom is 0.169 e. The molecule has 0 fully saturated rings. The van der Waals surface area contributed by atoms with Gasteiger partial charge in [0.2, 0.25) is 0 Å². The third-order valence-electron chi connectivity index (χ3n) is 2.07. The zero-order chi connectivity index (χ0) is 10.4. The van der Waals surface area contributed by atoms with Crippen molar-refractivity contribution in [2.75, 3.05) is 17.7 Å². The molecule has 0 amide bonds. The molecule has 0 aliphatic rings. The molecule has 1 aromatic rings. The molecule has 0 aromatic carbocycles. The van der Waals surface area contributed by atoms with E-state index < -0.39 is 0 Å². The van der Waals surface area contributed by atoms with E-state index in [4.69, 9.17) is 5.73 Å². The highest BCUT2D eigenvalue weighted by Gasteiger charge is 2.07. The molecule has 4 nitrogen and oxygen atoms in total. The van der Waals surface area contributed by atoms with Crippen LogP contribution in [0.4, 0.5) is 5.82 Å². The molecule has 0 aliphatic heterocycles. The van der Waals surface area contributed by atoms with E-state index in [2.05, 4.69) is 23.5 Å². The molecule has 0 spiro atoms. The molecule has 5 heteroatoms. The molecule has 0 bridgehead atoms. The van der Waals surface area contributed by atoms with Gasteiger partial charge in [0, 0.05) is 6.54 Å². The topological polar surface area (TPSA) is 56.7 Å². The van der Waals surface area contributed by atoms with Gasteiger partial charge in [0.1, 0.15) is 0 Å². The molecular weight excluding hydrogens is 196 g/mol. The number of nitrogen functional groups attached to an aromatic ring is 1. The fraction of sp³-hybridized carbons (Fsp3) is 0.778. The van der Waals surface area contributed by atoms with Crippen LogP contribution in [0.25, 0.3) is 0 Å². The van der Waals surface area contributed by atoms with Crippen LogP contribution in [-0.2, 0) is 13.0 Å². The quantitative estimate of drug-likeness (QED) is 0.730. The standard InChI is InChI=1S/C9H18N4S/c1-3-5-8-9(10)11-12-13(8)6-4-7-14-2/h3-7,10H2,1-2H3. The molecule has 0 atom stereocenters. The van der Waals surface area contributed by atoms with E-state index in [9.17, 15) is 0 Å². The van der Waals surface area contributed by atoms with Crippen molar-refractivity contribution < 1.29 is 0 Å². The highest BCUT2D eigenvalue weighted by atomic mass is 32.2. The van der Waals surface area contributed by atoms with Gasteiger partial charge < -0.3 is 5.73 Å². The van der Waals surface area contributed by atoms with Crippen LogP contribution in [0.5, 0.6) is 0 Å². The number of nitrogens with zero attached hydrogens (tertiary/aromatic N) is 3. The fourth-order valence-corrected chi connectivity index (χ4v) is 1.80. The maximum atomic E-state index is 5.73. The van der Waals surface area contributed by atoms with E-state index >= 15 is 0 Å². The minimum atomic E-state index is 0.594. The van der Waals surface area contributed by atoms with Crippen LogP contribution in [0.15, 0.2) is 0 Å². The van der Waals surface area contributed by atoms with Crippen molar-refractivity contribution in [2.45, 2.75) is 32.7 Å². The van der Waals surface area contributed by atoms with Gasteiger partial charge in [0.15, 0.2) is 5.82 Å². The molecule has 1 rings (SSSR count). The summed E-state index contributed by atoms with van der Waals surface area (Å²) >= 11 is 1.85. The summed E-state index contributed by atoms with van der Waals surface area (Å²) in [5, 5.41) is 7.94. The second kappa shape index (κ2) is 5.90. The third-order valence-corrected chi connectivity index (χ3v) is 2.77. The van der Waals surface area contributed by atoms with Crippen molar-refractivity contribution in [2.24, 2.45) is 0 Å². The van der Waals surface area contributed by atoms with Crippen LogP contribution in [0, 0.1) is 0 Å². The summed E-state index contributed by atoms with van der Waals surface area (Å²) in [5.41, 5.74) is 6.82. The number of anilines is 1. The van der Waals surface area contributed by atoms with E-state index in [1.165, 1.54) is 0 Å². The number of nitrogens with two attached hydrogens (primary N) is 1. The van der Waals surface area contributed by atoms with Crippen molar-refractivity contribution in [1.82, 2.24) is 15.0 Å². The molecule has 2 N–H and O–H groups in total. The van der Waals surface area contributed by atoms with E-state index in [1.807, 2.05) is 16.4 Å². The van der Waals surface area contributed by atoms with Crippen molar-refractivity contribution in [3.8, 4) is 0 Å². The summed E-state index contributed by atoms with van der Waals surface area (Å²) in [7, 11) is 0. The monoisotopic (exact) mass is 214 g/mol. The Balaban J connectivity index is 2.56. The first-order valence-corrected chi connectivity index (χ1v) is 6.35. The minimum Gasteiger partial charge on any atom is -0.381 e. The SMILES string of the molecule is CCCc1c(N)nnn1CCCSC.